The first kappa shape index (κ1) is 23.3. The summed E-state index contributed by atoms with van der Waals surface area (Å²) < 4.78 is 6.65. The first-order valence-electron chi connectivity index (χ1n) is 10.3. The molecule has 0 saturated heterocycles. The Labute approximate surface area is 191 Å². The van der Waals surface area contributed by atoms with E-state index in [-0.39, 0.29) is 18.5 Å². The van der Waals surface area contributed by atoms with E-state index in [0.29, 0.717) is 40.4 Å². The van der Waals surface area contributed by atoms with Crippen LogP contribution in [0.25, 0.3) is 5.69 Å². The van der Waals surface area contributed by atoms with Crippen LogP contribution in [-0.4, -0.2) is 40.8 Å². The van der Waals surface area contributed by atoms with Gasteiger partial charge in [0.1, 0.15) is 5.56 Å². The molecule has 3 rings (SSSR count). The number of aromatic nitrogens is 2. The van der Waals surface area contributed by atoms with Crippen LogP contribution in [0.2, 0.25) is 0 Å². The van der Waals surface area contributed by atoms with Gasteiger partial charge in [-0.05, 0) is 62.4 Å². The van der Waals surface area contributed by atoms with Crippen LogP contribution in [0.1, 0.15) is 33.3 Å². The summed E-state index contributed by atoms with van der Waals surface area (Å²) in [4.78, 5) is 36.2. The fraction of sp³-hybridized carbons (Fsp3) is 0.167. The topological polar surface area (TPSA) is 114 Å². The number of ether oxygens (including phenoxy) is 1. The van der Waals surface area contributed by atoms with Crippen molar-refractivity contribution >= 4 is 29.3 Å². The molecule has 0 aliphatic carbocycles. The molecule has 1 heterocycles. The van der Waals surface area contributed by atoms with E-state index in [2.05, 4.69) is 27.6 Å². The fourth-order valence-corrected chi connectivity index (χ4v) is 3.01. The van der Waals surface area contributed by atoms with Crippen molar-refractivity contribution in [1.82, 2.24) is 15.1 Å². The Kier molecular flexibility index (Phi) is 7.59. The Morgan fingerprint density at radius 1 is 1.03 bits per heavy atom. The number of carbonyl (C=O) groups is 3. The van der Waals surface area contributed by atoms with Gasteiger partial charge in [0.15, 0.2) is 0 Å². The molecule has 9 heteroatoms. The van der Waals surface area contributed by atoms with Gasteiger partial charge in [0.2, 0.25) is 0 Å². The zero-order valence-corrected chi connectivity index (χ0v) is 18.4. The summed E-state index contributed by atoms with van der Waals surface area (Å²) in [6.45, 7) is 7.72. The highest BCUT2D eigenvalue weighted by atomic mass is 16.5. The monoisotopic (exact) mass is 447 g/mol. The van der Waals surface area contributed by atoms with Crippen molar-refractivity contribution in [2.45, 2.75) is 13.8 Å². The number of hydrogen-bond donors (Lipinski definition) is 3. The second-order valence-electron chi connectivity index (χ2n) is 6.98. The van der Waals surface area contributed by atoms with E-state index in [4.69, 9.17) is 4.74 Å². The number of esters is 1. The number of nitrogens with one attached hydrogen (secondary N) is 3. The zero-order chi connectivity index (χ0) is 23.8. The maximum absolute atomic E-state index is 12.6. The quantitative estimate of drug-likeness (QED) is 0.358. The highest BCUT2D eigenvalue weighted by Gasteiger charge is 2.16. The van der Waals surface area contributed by atoms with E-state index >= 15 is 0 Å². The van der Waals surface area contributed by atoms with Crippen molar-refractivity contribution in [2.24, 2.45) is 0 Å². The molecule has 0 aliphatic heterocycles. The first-order valence-corrected chi connectivity index (χ1v) is 10.3. The summed E-state index contributed by atoms with van der Waals surface area (Å²) in [6.07, 6.45) is 3.05. The smallest absolute Gasteiger partial charge is 0.341 e. The molecule has 0 aliphatic rings. The van der Waals surface area contributed by atoms with Crippen LogP contribution in [0, 0.1) is 6.92 Å². The van der Waals surface area contributed by atoms with Crippen LogP contribution in [0.4, 0.5) is 16.2 Å². The zero-order valence-electron chi connectivity index (χ0n) is 18.4. The largest absolute Gasteiger partial charge is 0.462 e. The van der Waals surface area contributed by atoms with E-state index in [1.54, 1.807) is 73.1 Å². The maximum atomic E-state index is 12.6. The normalized spacial score (nSPS) is 10.2. The van der Waals surface area contributed by atoms with Crippen molar-refractivity contribution < 1.29 is 19.1 Å². The molecule has 0 radical (unpaired) electrons. The average Bonchev–Trinajstić information content (AvgIpc) is 3.20. The SMILES string of the molecule is C=CCNC(=O)Nc1ccc(NC(=O)c2ccc(-n3ncc(C(=O)OCC)c3C)cc2)cc1. The second-order valence-corrected chi connectivity index (χ2v) is 6.98. The van der Waals surface area contributed by atoms with Crippen LogP contribution >= 0.6 is 0 Å². The summed E-state index contributed by atoms with van der Waals surface area (Å²) in [5.74, 6) is -0.703. The molecule has 170 valence electrons. The number of amides is 3. The third-order valence-electron chi connectivity index (χ3n) is 4.69. The second kappa shape index (κ2) is 10.8. The third-order valence-corrected chi connectivity index (χ3v) is 4.69. The summed E-state index contributed by atoms with van der Waals surface area (Å²) in [7, 11) is 0. The van der Waals surface area contributed by atoms with Gasteiger partial charge in [0.05, 0.1) is 24.2 Å². The summed E-state index contributed by atoms with van der Waals surface area (Å²) in [6, 6.07) is 13.3. The van der Waals surface area contributed by atoms with Gasteiger partial charge < -0.3 is 20.7 Å². The molecule has 0 bridgehead atoms. The lowest BCUT2D eigenvalue weighted by Gasteiger charge is -2.09. The highest BCUT2D eigenvalue weighted by molar-refractivity contribution is 6.04. The number of benzene rings is 2. The number of rotatable bonds is 8. The van der Waals surface area contributed by atoms with Crippen molar-refractivity contribution in [3.63, 3.8) is 0 Å². The van der Waals surface area contributed by atoms with E-state index < -0.39 is 5.97 Å². The minimum absolute atomic E-state index is 0.282. The van der Waals surface area contributed by atoms with Crippen LogP contribution in [0.3, 0.4) is 0 Å². The van der Waals surface area contributed by atoms with Gasteiger partial charge in [-0.15, -0.1) is 6.58 Å². The van der Waals surface area contributed by atoms with E-state index in [9.17, 15) is 14.4 Å². The number of hydrogen-bond acceptors (Lipinski definition) is 5. The lowest BCUT2D eigenvalue weighted by molar-refractivity contribution is 0.0525. The molecule has 1 aromatic heterocycles. The molecule has 0 unspecified atom stereocenters. The van der Waals surface area contributed by atoms with Crippen molar-refractivity contribution in [1.29, 1.82) is 0 Å². The average molecular weight is 447 g/mol. The van der Waals surface area contributed by atoms with Crippen molar-refractivity contribution in [3.8, 4) is 5.69 Å². The Bertz CT molecular complexity index is 1150. The van der Waals surface area contributed by atoms with Gasteiger partial charge in [-0.1, -0.05) is 6.08 Å². The molecule has 0 spiro atoms. The minimum Gasteiger partial charge on any atom is -0.462 e. The van der Waals surface area contributed by atoms with Gasteiger partial charge >= 0.3 is 12.0 Å². The standard InChI is InChI=1S/C24H25N5O4/c1-4-14-25-24(32)28-19-10-8-18(9-11-19)27-22(30)17-6-12-20(13-7-17)29-16(3)21(15-26-29)23(31)33-5-2/h4,6-13,15H,1,5,14H2,2-3H3,(H,27,30)(H2,25,28,32). The molecule has 0 saturated carbocycles. The van der Waals surface area contributed by atoms with Crippen molar-refractivity contribution in [3.05, 3.63) is 84.2 Å². The molecular formula is C24H25N5O4. The Hall–Kier alpha value is -4.40. The summed E-state index contributed by atoms with van der Waals surface area (Å²) in [5.41, 5.74) is 3.40. The van der Waals surface area contributed by atoms with E-state index in [0.717, 1.165) is 0 Å². The van der Waals surface area contributed by atoms with Crippen LogP contribution in [-0.2, 0) is 4.74 Å². The number of nitrogens with zero attached hydrogens (tertiary/aromatic N) is 2. The molecule has 2 aromatic carbocycles. The van der Waals surface area contributed by atoms with Gasteiger partial charge in [0, 0.05) is 23.5 Å². The van der Waals surface area contributed by atoms with Gasteiger partial charge in [-0.3, -0.25) is 4.79 Å². The van der Waals surface area contributed by atoms with Gasteiger partial charge in [0.25, 0.3) is 5.91 Å². The van der Waals surface area contributed by atoms with Crippen LogP contribution in [0.5, 0.6) is 0 Å². The summed E-state index contributed by atoms with van der Waals surface area (Å²) in [5, 5.41) is 12.4. The third kappa shape index (κ3) is 5.85. The lowest BCUT2D eigenvalue weighted by Crippen LogP contribution is -2.28. The Morgan fingerprint density at radius 2 is 1.67 bits per heavy atom. The molecule has 33 heavy (non-hydrogen) atoms. The van der Waals surface area contributed by atoms with Crippen LogP contribution in [0.15, 0.2) is 67.4 Å². The minimum atomic E-state index is -0.421. The highest BCUT2D eigenvalue weighted by Crippen LogP contribution is 2.18. The number of urea groups is 1. The molecule has 9 nitrogen and oxygen atoms in total. The number of carbonyl (C=O) groups excluding carboxylic acids is 3. The van der Waals surface area contributed by atoms with Gasteiger partial charge in [-0.2, -0.15) is 5.10 Å². The van der Waals surface area contributed by atoms with Gasteiger partial charge in [-0.25, -0.2) is 14.3 Å². The van der Waals surface area contributed by atoms with Crippen LogP contribution < -0.4 is 16.0 Å². The molecule has 0 fully saturated rings. The molecule has 3 N–H and O–H groups in total. The molecule has 3 amide bonds. The fourth-order valence-electron chi connectivity index (χ4n) is 3.01. The van der Waals surface area contributed by atoms with Crippen molar-refractivity contribution in [2.75, 3.05) is 23.8 Å². The molecular weight excluding hydrogens is 422 g/mol. The van der Waals surface area contributed by atoms with E-state index in [1.165, 1.54) is 6.20 Å². The predicted octanol–water partition coefficient (Wildman–Crippen LogP) is 3.92. The predicted molar refractivity (Wildman–Crippen MR) is 126 cm³/mol. The summed E-state index contributed by atoms with van der Waals surface area (Å²) >= 11 is 0. The van der Waals surface area contributed by atoms with E-state index in [1.807, 2.05) is 0 Å². The lowest BCUT2D eigenvalue weighted by atomic mass is 10.1. The first-order chi connectivity index (χ1) is 15.9. The molecule has 3 aromatic rings. The number of anilines is 2. The molecule has 0 atom stereocenters. The Morgan fingerprint density at radius 3 is 2.27 bits per heavy atom. The maximum Gasteiger partial charge on any atom is 0.341 e. The Balaban J connectivity index is 1.63.